The summed E-state index contributed by atoms with van der Waals surface area (Å²) in [6.07, 6.45) is 10.8. The lowest BCUT2D eigenvalue weighted by Crippen LogP contribution is -2.51. The van der Waals surface area contributed by atoms with Gasteiger partial charge in [-0.1, -0.05) is 38.2 Å². The van der Waals surface area contributed by atoms with Crippen molar-refractivity contribution in [2.24, 2.45) is 5.92 Å². The summed E-state index contributed by atoms with van der Waals surface area (Å²) in [7, 11) is 0. The summed E-state index contributed by atoms with van der Waals surface area (Å²) in [5.74, 6) is 1.46. The summed E-state index contributed by atoms with van der Waals surface area (Å²) < 4.78 is 5.96. The highest BCUT2D eigenvalue weighted by atomic mass is 35.5. The number of nitrogens with zero attached hydrogens (tertiary/aromatic N) is 3. The molecule has 2 aromatic rings. The first-order valence-electron chi connectivity index (χ1n) is 12.3. The minimum atomic E-state index is -0.239. The summed E-state index contributed by atoms with van der Waals surface area (Å²) in [5.41, 5.74) is 1.78. The van der Waals surface area contributed by atoms with E-state index in [1.807, 2.05) is 24.3 Å². The van der Waals surface area contributed by atoms with Crippen LogP contribution in [0.2, 0.25) is 0 Å². The maximum absolute atomic E-state index is 13.0. The first kappa shape index (κ1) is 26.8. The minimum Gasteiger partial charge on any atom is -0.494 e. The van der Waals surface area contributed by atoms with Gasteiger partial charge in [0.05, 0.1) is 25.1 Å². The Morgan fingerprint density at radius 1 is 1.03 bits per heavy atom. The van der Waals surface area contributed by atoms with Crippen LogP contribution in [0, 0.1) is 5.92 Å². The van der Waals surface area contributed by atoms with Gasteiger partial charge in [-0.15, -0.1) is 12.4 Å². The Kier molecular flexibility index (Phi) is 10.2. The SMILES string of the molecule is Cl.O=C(Nc1cncc(CO)c1)N1CCN(C(=O)c2cccc(OCCC3CCCCC3)c2)CC1. The number of urea groups is 1. The van der Waals surface area contributed by atoms with Crippen molar-refractivity contribution in [3.8, 4) is 5.75 Å². The largest absolute Gasteiger partial charge is 0.494 e. The fourth-order valence-electron chi connectivity index (χ4n) is 4.68. The van der Waals surface area contributed by atoms with E-state index in [0.29, 0.717) is 49.6 Å². The highest BCUT2D eigenvalue weighted by Gasteiger charge is 2.25. The number of halogens is 1. The van der Waals surface area contributed by atoms with Crippen LogP contribution >= 0.6 is 12.4 Å². The van der Waals surface area contributed by atoms with Crippen molar-refractivity contribution in [3.63, 3.8) is 0 Å². The van der Waals surface area contributed by atoms with Crippen LogP contribution in [0.3, 0.4) is 0 Å². The van der Waals surface area contributed by atoms with Gasteiger partial charge in [-0.05, 0) is 42.2 Å². The van der Waals surface area contributed by atoms with E-state index < -0.39 is 0 Å². The molecule has 190 valence electrons. The molecule has 2 fully saturated rings. The normalized spacial score (nSPS) is 16.4. The van der Waals surface area contributed by atoms with Crippen LogP contribution in [0.15, 0.2) is 42.7 Å². The van der Waals surface area contributed by atoms with E-state index in [2.05, 4.69) is 10.3 Å². The predicted molar refractivity (Wildman–Crippen MR) is 137 cm³/mol. The molecule has 35 heavy (non-hydrogen) atoms. The van der Waals surface area contributed by atoms with Crippen LogP contribution < -0.4 is 10.1 Å². The average Bonchev–Trinajstić information content (AvgIpc) is 2.89. The van der Waals surface area contributed by atoms with Crippen LogP contribution in [-0.2, 0) is 6.61 Å². The van der Waals surface area contributed by atoms with Gasteiger partial charge in [0.2, 0.25) is 0 Å². The summed E-state index contributed by atoms with van der Waals surface area (Å²) in [4.78, 5) is 33.1. The Bertz CT molecular complexity index is 975. The molecule has 9 heteroatoms. The quantitative estimate of drug-likeness (QED) is 0.587. The maximum Gasteiger partial charge on any atom is 0.322 e. The van der Waals surface area contributed by atoms with E-state index >= 15 is 0 Å². The lowest BCUT2D eigenvalue weighted by Gasteiger charge is -2.34. The molecule has 3 amide bonds. The van der Waals surface area contributed by atoms with Crippen molar-refractivity contribution >= 4 is 30.0 Å². The molecule has 1 aromatic heterocycles. The molecule has 8 nitrogen and oxygen atoms in total. The lowest BCUT2D eigenvalue weighted by molar-refractivity contribution is 0.0671. The molecule has 1 saturated heterocycles. The number of aromatic nitrogens is 1. The van der Waals surface area contributed by atoms with Crippen LogP contribution in [0.5, 0.6) is 5.75 Å². The Morgan fingerprint density at radius 3 is 2.51 bits per heavy atom. The number of hydrogen-bond acceptors (Lipinski definition) is 5. The summed E-state index contributed by atoms with van der Waals surface area (Å²) in [6, 6.07) is 8.86. The number of carbonyl (C=O) groups is 2. The number of carbonyl (C=O) groups excluding carboxylic acids is 2. The molecule has 1 aromatic carbocycles. The smallest absolute Gasteiger partial charge is 0.322 e. The van der Waals surface area contributed by atoms with Gasteiger partial charge < -0.3 is 25.0 Å². The second-order valence-electron chi connectivity index (χ2n) is 9.12. The predicted octanol–water partition coefficient (Wildman–Crippen LogP) is 4.33. The number of pyridine rings is 1. The molecule has 0 bridgehead atoms. The van der Waals surface area contributed by atoms with Crippen molar-refractivity contribution in [1.82, 2.24) is 14.8 Å². The summed E-state index contributed by atoms with van der Waals surface area (Å²) in [6.45, 7) is 2.38. The number of amides is 3. The molecular weight excluding hydrogens is 468 g/mol. The number of rotatable bonds is 7. The molecule has 0 unspecified atom stereocenters. The van der Waals surface area contributed by atoms with E-state index in [4.69, 9.17) is 4.74 Å². The van der Waals surface area contributed by atoms with Gasteiger partial charge in [0.1, 0.15) is 5.75 Å². The van der Waals surface area contributed by atoms with E-state index in [-0.39, 0.29) is 31.0 Å². The fraction of sp³-hybridized carbons (Fsp3) is 0.500. The number of anilines is 1. The fourth-order valence-corrected chi connectivity index (χ4v) is 4.68. The highest BCUT2D eigenvalue weighted by molar-refractivity contribution is 5.95. The highest BCUT2D eigenvalue weighted by Crippen LogP contribution is 2.26. The molecule has 2 aliphatic rings. The third-order valence-electron chi connectivity index (χ3n) is 6.68. The van der Waals surface area contributed by atoms with Gasteiger partial charge in [0.15, 0.2) is 0 Å². The Labute approximate surface area is 213 Å². The van der Waals surface area contributed by atoms with Crippen LogP contribution in [0.1, 0.15) is 54.4 Å². The number of piperazine rings is 1. The number of aliphatic hydroxyl groups excluding tert-OH is 1. The third kappa shape index (κ3) is 7.57. The summed E-state index contributed by atoms with van der Waals surface area (Å²) >= 11 is 0. The maximum atomic E-state index is 13.0. The summed E-state index contributed by atoms with van der Waals surface area (Å²) in [5, 5.41) is 12.0. The Balaban J connectivity index is 0.00000342. The van der Waals surface area contributed by atoms with Gasteiger partial charge in [0, 0.05) is 37.9 Å². The van der Waals surface area contributed by atoms with E-state index in [1.54, 1.807) is 28.3 Å². The molecule has 1 aliphatic heterocycles. The number of nitrogens with one attached hydrogen (secondary N) is 1. The third-order valence-corrected chi connectivity index (χ3v) is 6.68. The van der Waals surface area contributed by atoms with E-state index in [0.717, 1.165) is 18.1 Å². The average molecular weight is 503 g/mol. The second-order valence-corrected chi connectivity index (χ2v) is 9.12. The van der Waals surface area contributed by atoms with E-state index in [9.17, 15) is 14.7 Å². The van der Waals surface area contributed by atoms with Crippen LogP contribution in [0.25, 0.3) is 0 Å². The Hall–Kier alpha value is -2.84. The molecule has 0 radical (unpaired) electrons. The van der Waals surface area contributed by atoms with Crippen LogP contribution in [0.4, 0.5) is 10.5 Å². The molecule has 0 spiro atoms. The molecule has 2 N–H and O–H groups in total. The van der Waals surface area contributed by atoms with Gasteiger partial charge in [-0.3, -0.25) is 9.78 Å². The first-order chi connectivity index (χ1) is 16.6. The molecule has 4 rings (SSSR count). The molecule has 1 aliphatic carbocycles. The Morgan fingerprint density at radius 2 is 1.77 bits per heavy atom. The van der Waals surface area contributed by atoms with Crippen molar-refractivity contribution in [3.05, 3.63) is 53.9 Å². The van der Waals surface area contributed by atoms with Crippen molar-refractivity contribution in [2.45, 2.75) is 45.1 Å². The number of benzene rings is 1. The van der Waals surface area contributed by atoms with Crippen molar-refractivity contribution < 1.29 is 19.4 Å². The lowest BCUT2D eigenvalue weighted by atomic mass is 9.87. The number of ether oxygens (including phenoxy) is 1. The zero-order valence-corrected chi connectivity index (χ0v) is 20.8. The molecular formula is C26H35ClN4O4. The topological polar surface area (TPSA) is 95.0 Å². The first-order valence-corrected chi connectivity index (χ1v) is 12.3. The van der Waals surface area contributed by atoms with Gasteiger partial charge in [0.25, 0.3) is 5.91 Å². The van der Waals surface area contributed by atoms with Gasteiger partial charge in [-0.25, -0.2) is 4.79 Å². The number of hydrogen-bond donors (Lipinski definition) is 2. The van der Waals surface area contributed by atoms with Gasteiger partial charge >= 0.3 is 6.03 Å². The number of aliphatic hydroxyl groups is 1. The minimum absolute atomic E-state index is 0. The van der Waals surface area contributed by atoms with Crippen LogP contribution in [-0.4, -0.2) is 64.6 Å². The second kappa shape index (κ2) is 13.3. The van der Waals surface area contributed by atoms with Crippen molar-refractivity contribution in [1.29, 1.82) is 0 Å². The van der Waals surface area contributed by atoms with Crippen molar-refractivity contribution in [2.75, 3.05) is 38.1 Å². The molecule has 0 atom stereocenters. The standard InChI is InChI=1S/C26H34N4O4.ClH/c31-19-21-15-23(18-27-17-21)28-26(33)30-12-10-29(11-13-30)25(32)22-7-4-8-24(16-22)34-14-9-20-5-2-1-3-6-20;/h4,7-8,15-18,20,31H,1-3,5-6,9-14,19H2,(H,28,33);1H. The molecule has 2 heterocycles. The zero-order chi connectivity index (χ0) is 23.8. The van der Waals surface area contributed by atoms with E-state index in [1.165, 1.54) is 32.1 Å². The monoisotopic (exact) mass is 502 g/mol. The molecule has 1 saturated carbocycles. The van der Waals surface area contributed by atoms with Gasteiger partial charge in [-0.2, -0.15) is 0 Å². The zero-order valence-electron chi connectivity index (χ0n) is 20.0.